The molecule has 10 heteroatoms. The van der Waals surface area contributed by atoms with Crippen LogP contribution in [0.15, 0.2) is 47.8 Å². The first-order valence-corrected chi connectivity index (χ1v) is 12.5. The van der Waals surface area contributed by atoms with Crippen LogP contribution < -0.4 is 19.5 Å². The minimum atomic E-state index is -0.328. The molecular weight excluding hydrogens is 482 g/mol. The summed E-state index contributed by atoms with van der Waals surface area (Å²) >= 11 is 1.34. The predicted molar refractivity (Wildman–Crippen MR) is 137 cm³/mol. The van der Waals surface area contributed by atoms with Crippen LogP contribution in [0.25, 0.3) is 11.3 Å². The van der Waals surface area contributed by atoms with E-state index < -0.39 is 0 Å². The largest absolute Gasteiger partial charge is 0.493 e. The molecule has 0 saturated carbocycles. The van der Waals surface area contributed by atoms with Crippen molar-refractivity contribution in [1.29, 1.82) is 0 Å². The highest BCUT2D eigenvalue weighted by Crippen LogP contribution is 2.30. The second-order valence-electron chi connectivity index (χ2n) is 8.33. The van der Waals surface area contributed by atoms with Gasteiger partial charge in [-0.3, -0.25) is 14.9 Å². The van der Waals surface area contributed by atoms with Crippen molar-refractivity contribution >= 4 is 28.3 Å². The van der Waals surface area contributed by atoms with E-state index in [1.54, 1.807) is 23.1 Å². The zero-order chi connectivity index (χ0) is 25.5. The number of aromatic nitrogens is 1. The van der Waals surface area contributed by atoms with Crippen molar-refractivity contribution in [3.05, 3.63) is 53.4 Å². The standard InChI is InChI=1S/C26H29N3O6S/c1-17(2)35-20-7-4-18(5-8-20)21-16-36-26(27-21)28-25(31)19-6-9-22(23(14-19)32-3)34-15-24(30)29-10-12-33-13-11-29/h4-9,14,16-17H,10-13,15H2,1-3H3,(H,27,28,31). The lowest BCUT2D eigenvalue weighted by molar-refractivity contribution is -0.137. The fourth-order valence-corrected chi connectivity index (χ4v) is 4.30. The minimum absolute atomic E-state index is 0.105. The van der Waals surface area contributed by atoms with Gasteiger partial charge in [0.1, 0.15) is 5.75 Å². The van der Waals surface area contributed by atoms with E-state index in [0.717, 1.165) is 17.0 Å². The third-order valence-corrected chi connectivity index (χ3v) is 6.14. The number of methoxy groups -OCH3 is 1. The van der Waals surface area contributed by atoms with E-state index in [1.807, 2.05) is 43.5 Å². The van der Waals surface area contributed by atoms with Crippen molar-refractivity contribution < 1.29 is 28.5 Å². The SMILES string of the molecule is COc1cc(C(=O)Nc2nc(-c3ccc(OC(C)C)cc3)cs2)ccc1OCC(=O)N1CCOCC1. The zero-order valence-corrected chi connectivity index (χ0v) is 21.3. The summed E-state index contributed by atoms with van der Waals surface area (Å²) in [4.78, 5) is 31.4. The number of nitrogens with one attached hydrogen (secondary N) is 1. The molecule has 2 aromatic carbocycles. The first-order chi connectivity index (χ1) is 17.4. The second kappa shape index (κ2) is 11.9. The third-order valence-electron chi connectivity index (χ3n) is 5.39. The van der Waals surface area contributed by atoms with Gasteiger partial charge >= 0.3 is 0 Å². The van der Waals surface area contributed by atoms with Gasteiger partial charge in [0.2, 0.25) is 0 Å². The quantitative estimate of drug-likeness (QED) is 0.462. The lowest BCUT2D eigenvalue weighted by atomic mass is 10.2. The summed E-state index contributed by atoms with van der Waals surface area (Å²) in [5.41, 5.74) is 2.07. The molecule has 1 N–H and O–H groups in total. The molecule has 1 aliphatic rings. The summed E-state index contributed by atoms with van der Waals surface area (Å²) in [7, 11) is 1.48. The molecule has 190 valence electrons. The molecule has 1 aliphatic heterocycles. The molecule has 0 aliphatic carbocycles. The van der Waals surface area contributed by atoms with Gasteiger partial charge in [0.15, 0.2) is 23.2 Å². The molecule has 0 atom stereocenters. The Kier molecular flexibility index (Phi) is 8.40. The van der Waals surface area contributed by atoms with Crippen LogP contribution >= 0.6 is 11.3 Å². The van der Waals surface area contributed by atoms with Gasteiger partial charge in [0.05, 0.1) is 32.1 Å². The van der Waals surface area contributed by atoms with Gasteiger partial charge in [-0.1, -0.05) is 0 Å². The van der Waals surface area contributed by atoms with E-state index in [9.17, 15) is 9.59 Å². The number of benzene rings is 2. The Morgan fingerprint density at radius 1 is 1.11 bits per heavy atom. The Morgan fingerprint density at radius 2 is 1.86 bits per heavy atom. The first-order valence-electron chi connectivity index (χ1n) is 11.6. The zero-order valence-electron chi connectivity index (χ0n) is 20.5. The summed E-state index contributed by atoms with van der Waals surface area (Å²) < 4.78 is 22.0. The Bertz CT molecular complexity index is 1190. The topological polar surface area (TPSA) is 99.2 Å². The highest BCUT2D eigenvalue weighted by molar-refractivity contribution is 7.14. The Hall–Kier alpha value is -3.63. The van der Waals surface area contributed by atoms with E-state index in [4.69, 9.17) is 18.9 Å². The number of hydrogen-bond acceptors (Lipinski definition) is 8. The normalized spacial score (nSPS) is 13.4. The molecule has 2 heterocycles. The van der Waals surface area contributed by atoms with E-state index in [2.05, 4.69) is 10.3 Å². The Labute approximate surface area is 214 Å². The highest BCUT2D eigenvalue weighted by Gasteiger charge is 2.19. The lowest BCUT2D eigenvalue weighted by Gasteiger charge is -2.26. The van der Waals surface area contributed by atoms with Gasteiger partial charge in [-0.2, -0.15) is 0 Å². The van der Waals surface area contributed by atoms with Crippen molar-refractivity contribution in [1.82, 2.24) is 9.88 Å². The molecule has 1 aromatic heterocycles. The van der Waals surface area contributed by atoms with Gasteiger partial charge in [0, 0.05) is 29.6 Å². The number of hydrogen-bond donors (Lipinski definition) is 1. The second-order valence-corrected chi connectivity index (χ2v) is 9.19. The minimum Gasteiger partial charge on any atom is -0.493 e. The fraction of sp³-hybridized carbons (Fsp3) is 0.346. The molecule has 1 saturated heterocycles. The monoisotopic (exact) mass is 511 g/mol. The van der Waals surface area contributed by atoms with Crippen molar-refractivity contribution in [3.63, 3.8) is 0 Å². The van der Waals surface area contributed by atoms with Crippen LogP contribution in [0.3, 0.4) is 0 Å². The molecule has 0 radical (unpaired) electrons. The molecule has 3 aromatic rings. The van der Waals surface area contributed by atoms with Gasteiger partial charge in [-0.15, -0.1) is 11.3 Å². The maximum Gasteiger partial charge on any atom is 0.260 e. The summed E-state index contributed by atoms with van der Waals surface area (Å²) in [5.74, 6) is 1.09. The lowest BCUT2D eigenvalue weighted by Crippen LogP contribution is -2.43. The fourth-order valence-electron chi connectivity index (χ4n) is 3.58. The van der Waals surface area contributed by atoms with Crippen molar-refractivity contribution in [2.24, 2.45) is 0 Å². The molecular formula is C26H29N3O6S. The van der Waals surface area contributed by atoms with Crippen LogP contribution in [0, 0.1) is 0 Å². The van der Waals surface area contributed by atoms with Gasteiger partial charge in [-0.05, 0) is 56.3 Å². The van der Waals surface area contributed by atoms with E-state index in [-0.39, 0.29) is 24.5 Å². The highest BCUT2D eigenvalue weighted by atomic mass is 32.1. The molecule has 4 rings (SSSR count). The van der Waals surface area contributed by atoms with E-state index in [0.29, 0.717) is 48.5 Å². The molecule has 0 spiro atoms. The molecule has 9 nitrogen and oxygen atoms in total. The van der Waals surface area contributed by atoms with Crippen LogP contribution in [0.4, 0.5) is 5.13 Å². The molecule has 36 heavy (non-hydrogen) atoms. The van der Waals surface area contributed by atoms with Gasteiger partial charge in [0.25, 0.3) is 11.8 Å². The van der Waals surface area contributed by atoms with Crippen molar-refractivity contribution in [3.8, 4) is 28.5 Å². The van der Waals surface area contributed by atoms with Gasteiger partial charge < -0.3 is 23.8 Å². The molecule has 1 fully saturated rings. The first kappa shape index (κ1) is 25.5. The maximum absolute atomic E-state index is 12.8. The summed E-state index contributed by atoms with van der Waals surface area (Å²) in [6, 6.07) is 12.5. The summed E-state index contributed by atoms with van der Waals surface area (Å²) in [6.07, 6.45) is 0.105. The Balaban J connectivity index is 1.37. The average molecular weight is 512 g/mol. The summed E-state index contributed by atoms with van der Waals surface area (Å²) in [5, 5.41) is 5.19. The predicted octanol–water partition coefficient (Wildman–Crippen LogP) is 4.10. The molecule has 0 bridgehead atoms. The number of anilines is 1. The smallest absolute Gasteiger partial charge is 0.260 e. The molecule has 2 amide bonds. The van der Waals surface area contributed by atoms with Crippen LogP contribution in [0.2, 0.25) is 0 Å². The average Bonchev–Trinajstić information content (AvgIpc) is 3.36. The number of amides is 2. The van der Waals surface area contributed by atoms with Crippen LogP contribution in [0.5, 0.6) is 17.2 Å². The van der Waals surface area contributed by atoms with Crippen molar-refractivity contribution in [2.45, 2.75) is 20.0 Å². The number of thiazole rings is 1. The van der Waals surface area contributed by atoms with Gasteiger partial charge in [-0.25, -0.2) is 4.98 Å². The number of morpholine rings is 1. The van der Waals surface area contributed by atoms with E-state index in [1.165, 1.54) is 18.4 Å². The van der Waals surface area contributed by atoms with Crippen LogP contribution in [0.1, 0.15) is 24.2 Å². The third kappa shape index (κ3) is 6.52. The van der Waals surface area contributed by atoms with Crippen molar-refractivity contribution in [2.75, 3.05) is 45.3 Å². The number of rotatable bonds is 9. The number of ether oxygens (including phenoxy) is 4. The maximum atomic E-state index is 12.8. The number of carbonyl (C=O) groups excluding carboxylic acids is 2. The van der Waals surface area contributed by atoms with E-state index >= 15 is 0 Å². The summed E-state index contributed by atoms with van der Waals surface area (Å²) in [6.45, 7) is 6.00. The number of nitrogens with zero attached hydrogens (tertiary/aromatic N) is 2. The molecule has 0 unspecified atom stereocenters. The number of carbonyl (C=O) groups is 2. The van der Waals surface area contributed by atoms with Crippen LogP contribution in [-0.2, 0) is 9.53 Å². The Morgan fingerprint density at radius 3 is 2.56 bits per heavy atom. The van der Waals surface area contributed by atoms with Crippen LogP contribution in [-0.4, -0.2) is 67.8 Å².